The van der Waals surface area contributed by atoms with E-state index in [1.165, 1.54) is 16.2 Å². The van der Waals surface area contributed by atoms with Crippen LogP contribution >= 0.6 is 22.9 Å². The minimum atomic E-state index is -0.316. The first-order chi connectivity index (χ1) is 12.1. The number of benzene rings is 1. The lowest BCUT2D eigenvalue weighted by Crippen LogP contribution is -2.30. The molecular formula is C17H12ClN3O3S. The van der Waals surface area contributed by atoms with Crippen molar-refractivity contribution >= 4 is 44.2 Å². The Morgan fingerprint density at radius 2 is 2.20 bits per heavy atom. The highest BCUT2D eigenvalue weighted by Crippen LogP contribution is 2.34. The zero-order chi connectivity index (χ0) is 17.4. The summed E-state index contributed by atoms with van der Waals surface area (Å²) < 4.78 is 11.3. The van der Waals surface area contributed by atoms with E-state index in [9.17, 15) is 4.79 Å². The van der Waals surface area contributed by atoms with Gasteiger partial charge in [-0.25, -0.2) is 4.98 Å². The molecule has 0 bridgehead atoms. The number of furan rings is 1. The highest BCUT2D eigenvalue weighted by molar-refractivity contribution is 7.22. The first kappa shape index (κ1) is 15.9. The maximum atomic E-state index is 12.9. The van der Waals surface area contributed by atoms with Crippen LogP contribution in [0.1, 0.15) is 22.0 Å². The Labute approximate surface area is 151 Å². The number of fused-ring (bicyclic) bond motifs is 1. The van der Waals surface area contributed by atoms with Crippen LogP contribution in [0.25, 0.3) is 10.2 Å². The first-order valence-electron chi connectivity index (χ1n) is 7.44. The second-order valence-electron chi connectivity index (χ2n) is 5.38. The van der Waals surface area contributed by atoms with Crippen molar-refractivity contribution in [3.05, 3.63) is 64.9 Å². The Bertz CT molecular complexity index is 1040. The Morgan fingerprint density at radius 1 is 1.32 bits per heavy atom. The standard InChI is InChI=1S/C17H12ClN3O3S/c1-10-8-13(20-24-10)16(22)21(9-11-4-3-7-23-11)17-19-15-12(18)5-2-6-14(15)25-17/h2-8H,9H2,1H3. The average molecular weight is 374 g/mol. The first-order valence-corrected chi connectivity index (χ1v) is 8.64. The summed E-state index contributed by atoms with van der Waals surface area (Å²) in [6.45, 7) is 1.97. The zero-order valence-corrected chi connectivity index (χ0v) is 14.7. The van der Waals surface area contributed by atoms with E-state index in [2.05, 4.69) is 10.1 Å². The lowest BCUT2D eigenvalue weighted by Gasteiger charge is -2.17. The fourth-order valence-electron chi connectivity index (χ4n) is 2.41. The molecule has 1 amide bonds. The van der Waals surface area contributed by atoms with Crippen molar-refractivity contribution < 1.29 is 13.7 Å². The molecule has 4 rings (SSSR count). The zero-order valence-electron chi connectivity index (χ0n) is 13.1. The maximum Gasteiger partial charge on any atom is 0.282 e. The number of aromatic nitrogens is 2. The number of carbonyl (C=O) groups excluding carboxylic acids is 1. The topological polar surface area (TPSA) is 72.4 Å². The number of aryl methyl sites for hydroxylation is 1. The van der Waals surface area contributed by atoms with Crippen LogP contribution in [0.4, 0.5) is 5.13 Å². The molecule has 0 atom stereocenters. The fourth-order valence-corrected chi connectivity index (χ4v) is 3.67. The smallest absolute Gasteiger partial charge is 0.282 e. The molecule has 1 aromatic carbocycles. The number of carbonyl (C=O) groups is 1. The summed E-state index contributed by atoms with van der Waals surface area (Å²) in [5.41, 5.74) is 0.882. The number of anilines is 1. The van der Waals surface area contributed by atoms with Crippen molar-refractivity contribution in [2.75, 3.05) is 4.90 Å². The molecule has 0 radical (unpaired) electrons. The molecule has 6 nitrogen and oxygen atoms in total. The largest absolute Gasteiger partial charge is 0.467 e. The van der Waals surface area contributed by atoms with Crippen molar-refractivity contribution in [3.63, 3.8) is 0 Å². The van der Waals surface area contributed by atoms with E-state index in [4.69, 9.17) is 20.5 Å². The van der Waals surface area contributed by atoms with Crippen LogP contribution < -0.4 is 4.90 Å². The highest BCUT2D eigenvalue weighted by atomic mass is 35.5. The molecule has 0 saturated heterocycles. The van der Waals surface area contributed by atoms with E-state index in [0.29, 0.717) is 27.2 Å². The minimum absolute atomic E-state index is 0.217. The van der Waals surface area contributed by atoms with Gasteiger partial charge in [-0.3, -0.25) is 9.69 Å². The molecule has 0 unspecified atom stereocenters. The van der Waals surface area contributed by atoms with Crippen LogP contribution in [-0.2, 0) is 6.54 Å². The van der Waals surface area contributed by atoms with Crippen LogP contribution in [0.15, 0.2) is 51.6 Å². The molecule has 25 heavy (non-hydrogen) atoms. The number of hydrogen-bond acceptors (Lipinski definition) is 6. The van der Waals surface area contributed by atoms with Crippen LogP contribution in [0.2, 0.25) is 5.02 Å². The van der Waals surface area contributed by atoms with Crippen LogP contribution in [0.3, 0.4) is 0 Å². The Hall–Kier alpha value is -2.64. The molecule has 4 aromatic rings. The molecule has 8 heteroatoms. The SMILES string of the molecule is Cc1cc(C(=O)N(Cc2ccco2)c2nc3c(Cl)cccc3s2)no1. The van der Waals surface area contributed by atoms with Gasteiger partial charge in [0.05, 0.1) is 22.5 Å². The summed E-state index contributed by atoms with van der Waals surface area (Å²) in [5, 5.41) is 4.88. The average Bonchev–Trinajstić information content (AvgIpc) is 3.32. The van der Waals surface area contributed by atoms with E-state index >= 15 is 0 Å². The Kier molecular flexibility index (Phi) is 4.03. The van der Waals surface area contributed by atoms with E-state index in [1.54, 1.807) is 37.5 Å². The van der Waals surface area contributed by atoms with Crippen LogP contribution in [0.5, 0.6) is 0 Å². The number of para-hydroxylation sites is 1. The Morgan fingerprint density at radius 3 is 2.88 bits per heavy atom. The molecule has 0 N–H and O–H groups in total. The summed E-state index contributed by atoms with van der Waals surface area (Å²) in [6, 6.07) is 10.7. The van der Waals surface area contributed by atoms with Crippen LogP contribution in [-0.4, -0.2) is 16.0 Å². The third-order valence-corrected chi connectivity index (χ3v) is 4.92. The molecule has 0 aliphatic carbocycles. The maximum absolute atomic E-state index is 12.9. The monoisotopic (exact) mass is 373 g/mol. The molecule has 0 aliphatic heterocycles. The van der Waals surface area contributed by atoms with Gasteiger partial charge in [0.1, 0.15) is 17.0 Å². The van der Waals surface area contributed by atoms with Crippen molar-refractivity contribution in [2.45, 2.75) is 13.5 Å². The van der Waals surface area contributed by atoms with E-state index in [-0.39, 0.29) is 18.1 Å². The molecule has 0 spiro atoms. The summed E-state index contributed by atoms with van der Waals surface area (Å²) in [4.78, 5) is 19.0. The lowest BCUT2D eigenvalue weighted by atomic mass is 10.3. The number of amides is 1. The number of hydrogen-bond donors (Lipinski definition) is 0. The van der Waals surface area contributed by atoms with Gasteiger partial charge in [0.25, 0.3) is 5.91 Å². The number of nitrogens with zero attached hydrogens (tertiary/aromatic N) is 3. The second kappa shape index (κ2) is 6.34. The fraction of sp³-hybridized carbons (Fsp3) is 0.118. The summed E-state index contributed by atoms with van der Waals surface area (Å²) in [7, 11) is 0. The van der Waals surface area contributed by atoms with Gasteiger partial charge in [0, 0.05) is 6.07 Å². The van der Waals surface area contributed by atoms with E-state index < -0.39 is 0 Å². The normalized spacial score (nSPS) is 11.1. The molecule has 3 aromatic heterocycles. The molecular weight excluding hydrogens is 362 g/mol. The molecule has 0 aliphatic rings. The highest BCUT2D eigenvalue weighted by Gasteiger charge is 2.25. The van der Waals surface area contributed by atoms with E-state index in [0.717, 1.165) is 4.70 Å². The van der Waals surface area contributed by atoms with Crippen molar-refractivity contribution in [2.24, 2.45) is 0 Å². The van der Waals surface area contributed by atoms with E-state index in [1.807, 2.05) is 12.1 Å². The molecule has 0 saturated carbocycles. The van der Waals surface area contributed by atoms with Gasteiger partial charge < -0.3 is 8.94 Å². The van der Waals surface area contributed by atoms with Crippen molar-refractivity contribution in [3.8, 4) is 0 Å². The predicted molar refractivity (Wildman–Crippen MR) is 95.1 cm³/mol. The number of thiazole rings is 1. The molecule has 3 heterocycles. The van der Waals surface area contributed by atoms with Gasteiger partial charge in [-0.05, 0) is 31.2 Å². The number of halogens is 1. The quantitative estimate of drug-likeness (QED) is 0.519. The molecule has 126 valence electrons. The summed E-state index contributed by atoms with van der Waals surface area (Å²) >= 11 is 7.59. The summed E-state index contributed by atoms with van der Waals surface area (Å²) in [5.74, 6) is 0.885. The van der Waals surface area contributed by atoms with Gasteiger partial charge in [-0.1, -0.05) is 34.2 Å². The van der Waals surface area contributed by atoms with Gasteiger partial charge in [-0.15, -0.1) is 0 Å². The Balaban J connectivity index is 1.78. The lowest BCUT2D eigenvalue weighted by molar-refractivity contribution is 0.0974. The van der Waals surface area contributed by atoms with Crippen molar-refractivity contribution in [1.82, 2.24) is 10.1 Å². The second-order valence-corrected chi connectivity index (χ2v) is 6.79. The minimum Gasteiger partial charge on any atom is -0.467 e. The van der Waals surface area contributed by atoms with Gasteiger partial charge in [-0.2, -0.15) is 0 Å². The molecule has 0 fully saturated rings. The van der Waals surface area contributed by atoms with Crippen molar-refractivity contribution in [1.29, 1.82) is 0 Å². The van der Waals surface area contributed by atoms with Crippen LogP contribution in [0, 0.1) is 6.92 Å². The predicted octanol–water partition coefficient (Wildman–Crippen LogP) is 4.69. The third kappa shape index (κ3) is 3.04. The van der Waals surface area contributed by atoms with Gasteiger partial charge in [0.15, 0.2) is 10.8 Å². The number of rotatable bonds is 4. The van der Waals surface area contributed by atoms with Gasteiger partial charge >= 0.3 is 0 Å². The summed E-state index contributed by atoms with van der Waals surface area (Å²) in [6.07, 6.45) is 1.56. The van der Waals surface area contributed by atoms with Gasteiger partial charge in [0.2, 0.25) is 0 Å². The third-order valence-electron chi connectivity index (χ3n) is 3.58.